The first-order chi connectivity index (χ1) is 7.67. The summed E-state index contributed by atoms with van der Waals surface area (Å²) in [6, 6.07) is 5.10. The SMILES string of the molecule is Fc1cccc(CNCC2(CCl)CC2)c1Br. The molecular weight excluding hydrogens is 292 g/mol. The molecule has 1 aliphatic rings. The molecule has 1 saturated carbocycles. The topological polar surface area (TPSA) is 12.0 Å². The molecule has 1 aromatic rings. The number of rotatable bonds is 5. The van der Waals surface area contributed by atoms with Crippen molar-refractivity contribution in [2.45, 2.75) is 19.4 Å². The Bertz CT molecular complexity index is 379. The monoisotopic (exact) mass is 305 g/mol. The van der Waals surface area contributed by atoms with Gasteiger partial charge in [0.05, 0.1) is 4.47 Å². The molecule has 1 N–H and O–H groups in total. The Balaban J connectivity index is 1.88. The lowest BCUT2D eigenvalue weighted by Gasteiger charge is -2.13. The highest BCUT2D eigenvalue weighted by Gasteiger charge is 2.41. The second-order valence-corrected chi connectivity index (χ2v) is 5.51. The predicted octanol–water partition coefficient (Wildman–Crippen LogP) is 3.70. The van der Waals surface area contributed by atoms with E-state index in [0.717, 1.165) is 12.1 Å². The summed E-state index contributed by atoms with van der Waals surface area (Å²) in [6.45, 7) is 1.59. The molecule has 0 amide bonds. The van der Waals surface area contributed by atoms with Crippen molar-refractivity contribution in [3.05, 3.63) is 34.1 Å². The average molecular weight is 307 g/mol. The second-order valence-electron chi connectivity index (χ2n) is 4.45. The van der Waals surface area contributed by atoms with E-state index in [0.29, 0.717) is 22.3 Å². The van der Waals surface area contributed by atoms with Crippen molar-refractivity contribution >= 4 is 27.5 Å². The molecule has 1 aliphatic carbocycles. The van der Waals surface area contributed by atoms with Crippen molar-refractivity contribution in [1.29, 1.82) is 0 Å². The van der Waals surface area contributed by atoms with E-state index in [4.69, 9.17) is 11.6 Å². The molecule has 0 bridgehead atoms. The first-order valence-corrected chi connectivity index (χ1v) is 6.69. The largest absolute Gasteiger partial charge is 0.312 e. The highest BCUT2D eigenvalue weighted by Crippen LogP contribution is 2.45. The fraction of sp³-hybridized carbons (Fsp3) is 0.500. The summed E-state index contributed by atoms with van der Waals surface area (Å²) >= 11 is 9.14. The van der Waals surface area contributed by atoms with Gasteiger partial charge in [0.25, 0.3) is 0 Å². The molecule has 0 aromatic heterocycles. The minimum Gasteiger partial charge on any atom is -0.312 e. The van der Waals surface area contributed by atoms with Gasteiger partial charge in [-0.15, -0.1) is 11.6 Å². The number of hydrogen-bond acceptors (Lipinski definition) is 1. The minimum atomic E-state index is -0.210. The van der Waals surface area contributed by atoms with Gasteiger partial charge in [0, 0.05) is 19.0 Å². The molecule has 0 atom stereocenters. The van der Waals surface area contributed by atoms with Crippen LogP contribution in [0.4, 0.5) is 4.39 Å². The molecule has 0 saturated heterocycles. The molecule has 0 spiro atoms. The highest BCUT2D eigenvalue weighted by molar-refractivity contribution is 9.10. The quantitative estimate of drug-likeness (QED) is 0.818. The van der Waals surface area contributed by atoms with Crippen LogP contribution in [0.15, 0.2) is 22.7 Å². The van der Waals surface area contributed by atoms with E-state index >= 15 is 0 Å². The highest BCUT2D eigenvalue weighted by atomic mass is 79.9. The standard InChI is InChI=1S/C12H14BrClFN/c13-11-9(2-1-3-10(11)15)6-16-8-12(7-14)4-5-12/h1-3,16H,4-8H2. The van der Waals surface area contributed by atoms with Gasteiger partial charge in [-0.3, -0.25) is 0 Å². The van der Waals surface area contributed by atoms with Gasteiger partial charge in [-0.25, -0.2) is 4.39 Å². The number of alkyl halides is 1. The van der Waals surface area contributed by atoms with Crippen LogP contribution in [0.5, 0.6) is 0 Å². The van der Waals surface area contributed by atoms with Crippen molar-refractivity contribution < 1.29 is 4.39 Å². The molecular formula is C12H14BrClFN. The zero-order valence-electron chi connectivity index (χ0n) is 8.90. The van der Waals surface area contributed by atoms with Crippen molar-refractivity contribution in [2.75, 3.05) is 12.4 Å². The van der Waals surface area contributed by atoms with Gasteiger partial charge in [-0.2, -0.15) is 0 Å². The van der Waals surface area contributed by atoms with Gasteiger partial charge >= 0.3 is 0 Å². The minimum absolute atomic E-state index is 0.210. The summed E-state index contributed by atoms with van der Waals surface area (Å²) in [5.41, 5.74) is 1.26. The fourth-order valence-electron chi connectivity index (χ4n) is 1.68. The third-order valence-electron chi connectivity index (χ3n) is 3.09. The normalized spacial score (nSPS) is 17.4. The van der Waals surface area contributed by atoms with Crippen LogP contribution >= 0.6 is 27.5 Å². The Kier molecular flexibility index (Phi) is 3.88. The smallest absolute Gasteiger partial charge is 0.137 e. The van der Waals surface area contributed by atoms with Crippen LogP contribution in [0.25, 0.3) is 0 Å². The molecule has 2 rings (SSSR count). The van der Waals surface area contributed by atoms with Crippen LogP contribution in [0.1, 0.15) is 18.4 Å². The molecule has 0 heterocycles. The fourth-order valence-corrected chi connectivity index (χ4v) is 2.45. The number of benzene rings is 1. The molecule has 0 unspecified atom stereocenters. The number of hydrogen-bond donors (Lipinski definition) is 1. The maximum absolute atomic E-state index is 13.2. The summed E-state index contributed by atoms with van der Waals surface area (Å²) in [4.78, 5) is 0. The Morgan fingerprint density at radius 3 is 2.81 bits per heavy atom. The van der Waals surface area contributed by atoms with Crippen LogP contribution in [0, 0.1) is 11.2 Å². The van der Waals surface area contributed by atoms with Crippen LogP contribution in [-0.4, -0.2) is 12.4 Å². The van der Waals surface area contributed by atoms with Crippen molar-refractivity contribution in [1.82, 2.24) is 5.32 Å². The van der Waals surface area contributed by atoms with Gasteiger partial charge < -0.3 is 5.32 Å². The molecule has 1 aromatic carbocycles. The lowest BCUT2D eigenvalue weighted by Crippen LogP contribution is -2.24. The zero-order chi connectivity index (χ0) is 11.6. The zero-order valence-corrected chi connectivity index (χ0v) is 11.2. The van der Waals surface area contributed by atoms with Gasteiger partial charge in [0.1, 0.15) is 5.82 Å². The van der Waals surface area contributed by atoms with E-state index in [-0.39, 0.29) is 5.82 Å². The van der Waals surface area contributed by atoms with Gasteiger partial charge in [0.15, 0.2) is 0 Å². The molecule has 0 aliphatic heterocycles. The van der Waals surface area contributed by atoms with E-state index < -0.39 is 0 Å². The van der Waals surface area contributed by atoms with E-state index in [2.05, 4.69) is 21.2 Å². The van der Waals surface area contributed by atoms with E-state index in [9.17, 15) is 4.39 Å². The molecule has 0 radical (unpaired) electrons. The van der Waals surface area contributed by atoms with Crippen molar-refractivity contribution in [2.24, 2.45) is 5.41 Å². The Hall–Kier alpha value is -0.120. The predicted molar refractivity (Wildman–Crippen MR) is 68.2 cm³/mol. The third kappa shape index (κ3) is 2.76. The van der Waals surface area contributed by atoms with Crippen LogP contribution in [0.2, 0.25) is 0 Å². The summed E-state index contributed by atoms with van der Waals surface area (Å²) in [6.07, 6.45) is 2.40. The van der Waals surface area contributed by atoms with Crippen LogP contribution in [0.3, 0.4) is 0 Å². The van der Waals surface area contributed by atoms with Crippen molar-refractivity contribution in [3.8, 4) is 0 Å². The Morgan fingerprint density at radius 2 is 2.19 bits per heavy atom. The lowest BCUT2D eigenvalue weighted by molar-refractivity contribution is 0.503. The molecule has 1 fully saturated rings. The third-order valence-corrected chi connectivity index (χ3v) is 4.54. The maximum Gasteiger partial charge on any atom is 0.137 e. The van der Waals surface area contributed by atoms with Gasteiger partial charge in [-0.05, 0) is 45.8 Å². The first-order valence-electron chi connectivity index (χ1n) is 5.36. The van der Waals surface area contributed by atoms with E-state index in [1.54, 1.807) is 6.07 Å². The van der Waals surface area contributed by atoms with E-state index in [1.165, 1.54) is 18.9 Å². The summed E-state index contributed by atoms with van der Waals surface area (Å²) in [7, 11) is 0. The van der Waals surface area contributed by atoms with Gasteiger partial charge in [0.2, 0.25) is 0 Å². The average Bonchev–Trinajstić information content (AvgIpc) is 3.05. The maximum atomic E-state index is 13.2. The summed E-state index contributed by atoms with van der Waals surface area (Å²) in [5, 5.41) is 3.34. The molecule has 88 valence electrons. The van der Waals surface area contributed by atoms with Crippen LogP contribution < -0.4 is 5.32 Å². The first kappa shape index (κ1) is 12.3. The molecule has 4 heteroatoms. The van der Waals surface area contributed by atoms with Crippen LogP contribution in [-0.2, 0) is 6.54 Å². The summed E-state index contributed by atoms with van der Waals surface area (Å²) in [5.74, 6) is 0.502. The van der Waals surface area contributed by atoms with E-state index in [1.807, 2.05) is 6.07 Å². The number of nitrogens with one attached hydrogen (secondary N) is 1. The molecule has 1 nitrogen and oxygen atoms in total. The summed E-state index contributed by atoms with van der Waals surface area (Å²) < 4.78 is 13.8. The molecule has 16 heavy (non-hydrogen) atoms. The Labute approximate surface area is 109 Å². The van der Waals surface area contributed by atoms with Crippen molar-refractivity contribution in [3.63, 3.8) is 0 Å². The lowest BCUT2D eigenvalue weighted by atomic mass is 10.1. The second kappa shape index (κ2) is 5.03. The Morgan fingerprint density at radius 1 is 1.44 bits per heavy atom. The number of halogens is 3. The van der Waals surface area contributed by atoms with Gasteiger partial charge in [-0.1, -0.05) is 12.1 Å².